The number of benzene rings is 8. The van der Waals surface area contributed by atoms with E-state index in [1.54, 1.807) is 0 Å². The molecule has 0 radical (unpaired) electrons. The molecule has 2 heterocycles. The van der Waals surface area contributed by atoms with E-state index in [1.807, 2.05) is 12.1 Å². The topological polar surface area (TPSA) is 18.1 Å². The minimum atomic E-state index is 0.917. The van der Waals surface area contributed by atoms with Crippen molar-refractivity contribution in [3.8, 4) is 16.8 Å². The minimum absolute atomic E-state index is 0.917. The molecule has 10 aromatic rings. The van der Waals surface area contributed by atoms with E-state index in [0.717, 1.165) is 27.6 Å². The van der Waals surface area contributed by atoms with Gasteiger partial charge in [-0.15, -0.1) is 0 Å². The third-order valence-corrected chi connectivity index (χ3v) is 9.37. The Balaban J connectivity index is 1.27. The summed E-state index contributed by atoms with van der Waals surface area (Å²) >= 11 is 0. The van der Waals surface area contributed by atoms with Gasteiger partial charge < -0.3 is 8.98 Å². The van der Waals surface area contributed by atoms with Gasteiger partial charge in [-0.05, 0) is 85.9 Å². The lowest BCUT2D eigenvalue weighted by Crippen LogP contribution is -1.94. The second kappa shape index (κ2) is 8.82. The van der Waals surface area contributed by atoms with Gasteiger partial charge in [0.05, 0.1) is 11.0 Å². The van der Waals surface area contributed by atoms with Crippen molar-refractivity contribution in [2.24, 2.45) is 0 Å². The van der Waals surface area contributed by atoms with Crippen LogP contribution >= 0.6 is 0 Å². The molecule has 2 heteroatoms. The van der Waals surface area contributed by atoms with Gasteiger partial charge in [0.1, 0.15) is 11.2 Å². The predicted molar refractivity (Wildman–Crippen MR) is 186 cm³/mol. The van der Waals surface area contributed by atoms with Gasteiger partial charge in [-0.1, -0.05) is 109 Å². The van der Waals surface area contributed by atoms with Crippen molar-refractivity contribution in [3.63, 3.8) is 0 Å². The number of furan rings is 1. The summed E-state index contributed by atoms with van der Waals surface area (Å²) in [6, 6.07) is 54.9. The maximum atomic E-state index is 6.15. The van der Waals surface area contributed by atoms with Crippen LogP contribution in [0.4, 0.5) is 0 Å². The molecular formula is C42H25NO. The zero-order valence-electron chi connectivity index (χ0n) is 23.8. The molecule has 8 aromatic carbocycles. The fourth-order valence-electron chi connectivity index (χ4n) is 7.47. The lowest BCUT2D eigenvalue weighted by Gasteiger charge is -2.14. The van der Waals surface area contributed by atoms with Gasteiger partial charge in [0, 0.05) is 27.2 Å². The van der Waals surface area contributed by atoms with Crippen LogP contribution in [0.15, 0.2) is 156 Å². The molecule has 204 valence electrons. The van der Waals surface area contributed by atoms with Gasteiger partial charge in [-0.25, -0.2) is 0 Å². The van der Waals surface area contributed by atoms with E-state index in [-0.39, 0.29) is 0 Å². The summed E-state index contributed by atoms with van der Waals surface area (Å²) in [6.07, 6.45) is 0. The first-order valence-corrected chi connectivity index (χ1v) is 15.1. The maximum absolute atomic E-state index is 6.15. The molecule has 0 unspecified atom stereocenters. The SMILES string of the molecule is c1ccc2c(c1)oc1ccc(-c3cccc4c3c3ccccc3n4-c3ccc4c5ccccc5c5ccccc5c4c3)cc12. The van der Waals surface area contributed by atoms with E-state index < -0.39 is 0 Å². The minimum Gasteiger partial charge on any atom is -0.456 e. The van der Waals surface area contributed by atoms with E-state index in [4.69, 9.17) is 4.42 Å². The molecule has 2 aromatic heterocycles. The zero-order valence-corrected chi connectivity index (χ0v) is 23.8. The fourth-order valence-corrected chi connectivity index (χ4v) is 7.47. The van der Waals surface area contributed by atoms with Crippen LogP contribution in [-0.2, 0) is 0 Å². The molecule has 0 spiro atoms. The maximum Gasteiger partial charge on any atom is 0.135 e. The van der Waals surface area contributed by atoms with Crippen molar-refractivity contribution in [2.45, 2.75) is 0 Å². The molecule has 0 amide bonds. The van der Waals surface area contributed by atoms with Crippen LogP contribution in [0, 0.1) is 0 Å². The second-order valence-electron chi connectivity index (χ2n) is 11.7. The molecular weight excluding hydrogens is 534 g/mol. The highest BCUT2D eigenvalue weighted by atomic mass is 16.3. The Labute approximate surface area is 253 Å². The summed E-state index contributed by atoms with van der Waals surface area (Å²) in [6.45, 7) is 0. The number of aromatic nitrogens is 1. The summed E-state index contributed by atoms with van der Waals surface area (Å²) < 4.78 is 8.59. The van der Waals surface area contributed by atoms with Gasteiger partial charge in [-0.2, -0.15) is 0 Å². The third-order valence-electron chi connectivity index (χ3n) is 9.37. The highest BCUT2D eigenvalue weighted by molar-refractivity contribution is 6.26. The van der Waals surface area contributed by atoms with E-state index in [0.29, 0.717) is 0 Å². The molecule has 0 saturated heterocycles. The average molecular weight is 560 g/mol. The van der Waals surface area contributed by atoms with Crippen LogP contribution < -0.4 is 0 Å². The highest BCUT2D eigenvalue weighted by Gasteiger charge is 2.18. The molecule has 0 bridgehead atoms. The first kappa shape index (κ1) is 23.7. The Morgan fingerprint density at radius 3 is 1.73 bits per heavy atom. The van der Waals surface area contributed by atoms with Crippen molar-refractivity contribution < 1.29 is 4.42 Å². The van der Waals surface area contributed by atoms with E-state index in [9.17, 15) is 0 Å². The van der Waals surface area contributed by atoms with E-state index >= 15 is 0 Å². The molecule has 2 nitrogen and oxygen atoms in total. The van der Waals surface area contributed by atoms with Crippen molar-refractivity contribution in [2.75, 3.05) is 0 Å². The monoisotopic (exact) mass is 559 g/mol. The fraction of sp³-hybridized carbons (Fsp3) is 0. The summed E-state index contributed by atoms with van der Waals surface area (Å²) in [5, 5.41) is 12.5. The van der Waals surface area contributed by atoms with Crippen LogP contribution in [0.5, 0.6) is 0 Å². The Bertz CT molecular complexity index is 2740. The van der Waals surface area contributed by atoms with Gasteiger partial charge in [0.25, 0.3) is 0 Å². The van der Waals surface area contributed by atoms with Crippen molar-refractivity contribution in [1.29, 1.82) is 0 Å². The average Bonchev–Trinajstić information content (AvgIpc) is 3.64. The van der Waals surface area contributed by atoms with Gasteiger partial charge in [-0.3, -0.25) is 0 Å². The molecule has 0 N–H and O–H groups in total. The summed E-state index contributed by atoms with van der Waals surface area (Å²) in [4.78, 5) is 0. The quantitative estimate of drug-likeness (QED) is 0.193. The third kappa shape index (κ3) is 3.20. The number of nitrogens with zero attached hydrogens (tertiary/aromatic N) is 1. The van der Waals surface area contributed by atoms with E-state index in [2.05, 4.69) is 144 Å². The molecule has 10 rings (SSSR count). The van der Waals surface area contributed by atoms with Crippen LogP contribution in [0.2, 0.25) is 0 Å². The number of fused-ring (bicyclic) bond motifs is 12. The van der Waals surface area contributed by atoms with Crippen LogP contribution in [0.3, 0.4) is 0 Å². The molecule has 0 aliphatic carbocycles. The normalized spacial score (nSPS) is 12.1. The number of para-hydroxylation sites is 2. The largest absolute Gasteiger partial charge is 0.456 e. The van der Waals surface area contributed by atoms with Gasteiger partial charge >= 0.3 is 0 Å². The van der Waals surface area contributed by atoms with Crippen LogP contribution in [-0.4, -0.2) is 4.57 Å². The summed E-state index contributed by atoms with van der Waals surface area (Å²) in [7, 11) is 0. The molecule has 0 atom stereocenters. The Morgan fingerprint density at radius 1 is 0.364 bits per heavy atom. The summed E-state index contributed by atoms with van der Waals surface area (Å²) in [5.74, 6) is 0. The molecule has 0 saturated carbocycles. The zero-order chi connectivity index (χ0) is 28.8. The van der Waals surface area contributed by atoms with Crippen molar-refractivity contribution in [3.05, 3.63) is 152 Å². The molecule has 0 aliphatic rings. The predicted octanol–water partition coefficient (Wildman–Crippen LogP) is 11.8. The summed E-state index contributed by atoms with van der Waals surface area (Å²) in [5.41, 5.74) is 7.82. The highest BCUT2D eigenvalue weighted by Crippen LogP contribution is 2.42. The first-order valence-electron chi connectivity index (χ1n) is 15.1. The number of hydrogen-bond donors (Lipinski definition) is 0. The molecule has 0 fully saturated rings. The Kier molecular flexibility index (Phi) is 4.75. The van der Waals surface area contributed by atoms with Gasteiger partial charge in [0.2, 0.25) is 0 Å². The van der Waals surface area contributed by atoms with Crippen LogP contribution in [0.1, 0.15) is 0 Å². The van der Waals surface area contributed by atoms with Crippen molar-refractivity contribution in [1.82, 2.24) is 4.57 Å². The Hall–Kier alpha value is -5.86. The Morgan fingerprint density at radius 2 is 0.955 bits per heavy atom. The van der Waals surface area contributed by atoms with Crippen molar-refractivity contribution >= 4 is 76.1 Å². The second-order valence-corrected chi connectivity index (χ2v) is 11.7. The van der Waals surface area contributed by atoms with E-state index in [1.165, 1.54) is 65.3 Å². The molecule has 0 aliphatic heterocycles. The van der Waals surface area contributed by atoms with Crippen LogP contribution in [0.25, 0.3) is 92.9 Å². The molecule has 44 heavy (non-hydrogen) atoms. The first-order chi connectivity index (χ1) is 21.8. The lowest BCUT2D eigenvalue weighted by atomic mass is 9.94. The van der Waals surface area contributed by atoms with Gasteiger partial charge in [0.15, 0.2) is 0 Å². The number of hydrogen-bond acceptors (Lipinski definition) is 1. The smallest absolute Gasteiger partial charge is 0.135 e. The lowest BCUT2D eigenvalue weighted by molar-refractivity contribution is 0.669. The number of rotatable bonds is 2. The standard InChI is InChI=1S/C42H25NO/c1-2-12-31-29(10-1)30-11-3-4-13-32(30)36-25-27(21-22-33(31)36)43-38-17-7-5-15-35(38)42-28(16-9-18-39(42)43)26-20-23-41-37(24-26)34-14-6-8-19-40(34)44-41/h1-25H.